The van der Waals surface area contributed by atoms with E-state index in [-0.39, 0.29) is 0 Å². The summed E-state index contributed by atoms with van der Waals surface area (Å²) in [6.45, 7) is 2.36. The third kappa shape index (κ3) is 3.56. The van der Waals surface area contributed by atoms with Gasteiger partial charge in [-0.1, -0.05) is 53.9 Å². The summed E-state index contributed by atoms with van der Waals surface area (Å²) in [5.74, 6) is 7.38. The standard InChI is InChI=1S/C15H23BrN2/c1-11-6-8-12(9-7-11)15(18-17)10-13-4-2-3-5-14(13)16/h2-5,11-12,15,18H,6-10,17H2,1H3. The van der Waals surface area contributed by atoms with Gasteiger partial charge in [0.2, 0.25) is 0 Å². The summed E-state index contributed by atoms with van der Waals surface area (Å²) < 4.78 is 1.19. The van der Waals surface area contributed by atoms with E-state index in [2.05, 4.69) is 52.5 Å². The van der Waals surface area contributed by atoms with Gasteiger partial charge in [0, 0.05) is 10.5 Å². The lowest BCUT2D eigenvalue weighted by Gasteiger charge is -2.32. The maximum Gasteiger partial charge on any atom is 0.0279 e. The Kier molecular flexibility index (Phi) is 5.22. The van der Waals surface area contributed by atoms with Crippen LogP contribution >= 0.6 is 15.9 Å². The molecular formula is C15H23BrN2. The number of halogens is 1. The van der Waals surface area contributed by atoms with Crippen molar-refractivity contribution in [1.82, 2.24) is 5.43 Å². The third-order valence-electron chi connectivity index (χ3n) is 4.24. The summed E-state index contributed by atoms with van der Waals surface area (Å²) in [6, 6.07) is 8.83. The van der Waals surface area contributed by atoms with E-state index in [4.69, 9.17) is 5.84 Å². The number of hydrazine groups is 1. The minimum Gasteiger partial charge on any atom is -0.271 e. The van der Waals surface area contributed by atoms with Crippen LogP contribution in [-0.4, -0.2) is 6.04 Å². The fourth-order valence-electron chi connectivity index (χ4n) is 2.95. The van der Waals surface area contributed by atoms with Crippen molar-refractivity contribution >= 4 is 15.9 Å². The molecule has 1 atom stereocenters. The Hall–Kier alpha value is -0.380. The lowest BCUT2D eigenvalue weighted by atomic mass is 9.78. The molecule has 1 unspecified atom stereocenters. The lowest BCUT2D eigenvalue weighted by Crippen LogP contribution is -2.43. The van der Waals surface area contributed by atoms with Crippen LogP contribution in [0.25, 0.3) is 0 Å². The molecule has 3 heteroatoms. The second-order valence-corrected chi connectivity index (χ2v) is 6.44. The van der Waals surface area contributed by atoms with Gasteiger partial charge < -0.3 is 0 Å². The molecular weight excluding hydrogens is 288 g/mol. The van der Waals surface area contributed by atoms with Crippen LogP contribution in [0.2, 0.25) is 0 Å². The van der Waals surface area contributed by atoms with E-state index in [1.807, 2.05) is 0 Å². The first-order chi connectivity index (χ1) is 8.70. The van der Waals surface area contributed by atoms with E-state index in [1.165, 1.54) is 35.7 Å². The van der Waals surface area contributed by atoms with Crippen LogP contribution in [0.5, 0.6) is 0 Å². The SMILES string of the molecule is CC1CCC(C(Cc2ccccc2Br)NN)CC1. The van der Waals surface area contributed by atoms with Crippen molar-refractivity contribution in [1.29, 1.82) is 0 Å². The summed E-state index contributed by atoms with van der Waals surface area (Å²) >= 11 is 3.62. The first-order valence-electron chi connectivity index (χ1n) is 6.90. The van der Waals surface area contributed by atoms with E-state index >= 15 is 0 Å². The molecule has 1 fully saturated rings. The quantitative estimate of drug-likeness (QED) is 0.658. The maximum atomic E-state index is 5.77. The molecule has 0 radical (unpaired) electrons. The van der Waals surface area contributed by atoms with Crippen LogP contribution in [0, 0.1) is 11.8 Å². The van der Waals surface area contributed by atoms with Crippen molar-refractivity contribution in [2.24, 2.45) is 17.7 Å². The molecule has 1 aliphatic carbocycles. The van der Waals surface area contributed by atoms with Gasteiger partial charge in [0.15, 0.2) is 0 Å². The number of hydrogen-bond acceptors (Lipinski definition) is 2. The molecule has 1 saturated carbocycles. The number of nitrogens with two attached hydrogens (primary N) is 1. The maximum absolute atomic E-state index is 5.77. The normalized spacial score (nSPS) is 25.9. The Bertz CT molecular complexity index is 373. The van der Waals surface area contributed by atoms with Crippen LogP contribution in [0.15, 0.2) is 28.7 Å². The number of hydrogen-bond donors (Lipinski definition) is 2. The highest BCUT2D eigenvalue weighted by molar-refractivity contribution is 9.10. The van der Waals surface area contributed by atoms with Gasteiger partial charge in [0.05, 0.1) is 0 Å². The summed E-state index contributed by atoms with van der Waals surface area (Å²) in [6.07, 6.45) is 6.32. The van der Waals surface area contributed by atoms with E-state index in [0.29, 0.717) is 6.04 Å². The molecule has 0 bridgehead atoms. The van der Waals surface area contributed by atoms with Gasteiger partial charge in [0.25, 0.3) is 0 Å². The van der Waals surface area contributed by atoms with E-state index in [1.54, 1.807) is 0 Å². The lowest BCUT2D eigenvalue weighted by molar-refractivity contribution is 0.229. The Morgan fingerprint density at radius 2 is 1.94 bits per heavy atom. The van der Waals surface area contributed by atoms with E-state index in [9.17, 15) is 0 Å². The topological polar surface area (TPSA) is 38.0 Å². The number of rotatable bonds is 4. The van der Waals surface area contributed by atoms with Crippen LogP contribution in [0.4, 0.5) is 0 Å². The van der Waals surface area contributed by atoms with Gasteiger partial charge in [-0.05, 0) is 42.7 Å². The minimum absolute atomic E-state index is 0.399. The largest absolute Gasteiger partial charge is 0.271 e. The molecule has 0 spiro atoms. The van der Waals surface area contributed by atoms with Gasteiger partial charge in [-0.3, -0.25) is 11.3 Å². The Labute approximate surface area is 118 Å². The van der Waals surface area contributed by atoms with Crippen molar-refractivity contribution in [3.05, 3.63) is 34.3 Å². The molecule has 0 amide bonds. The van der Waals surface area contributed by atoms with Gasteiger partial charge in [-0.25, -0.2) is 0 Å². The zero-order valence-electron chi connectivity index (χ0n) is 11.0. The smallest absolute Gasteiger partial charge is 0.0279 e. The fourth-order valence-corrected chi connectivity index (χ4v) is 3.40. The highest BCUT2D eigenvalue weighted by Gasteiger charge is 2.25. The predicted octanol–water partition coefficient (Wildman–Crippen LogP) is 3.65. The van der Waals surface area contributed by atoms with Crippen molar-refractivity contribution in [2.75, 3.05) is 0 Å². The molecule has 1 aromatic carbocycles. The molecule has 2 nitrogen and oxygen atoms in total. The van der Waals surface area contributed by atoms with Gasteiger partial charge in [0.1, 0.15) is 0 Å². The molecule has 0 aromatic heterocycles. The van der Waals surface area contributed by atoms with E-state index in [0.717, 1.165) is 18.3 Å². The first kappa shape index (κ1) is 14.0. The Morgan fingerprint density at radius 3 is 2.56 bits per heavy atom. The molecule has 2 rings (SSSR count). The highest BCUT2D eigenvalue weighted by Crippen LogP contribution is 2.32. The second-order valence-electron chi connectivity index (χ2n) is 5.59. The van der Waals surface area contributed by atoms with Crippen LogP contribution in [0.1, 0.15) is 38.2 Å². The average molecular weight is 311 g/mol. The molecule has 0 saturated heterocycles. The molecule has 100 valence electrons. The molecule has 3 N–H and O–H groups in total. The first-order valence-corrected chi connectivity index (χ1v) is 7.69. The number of nitrogens with one attached hydrogen (secondary N) is 1. The average Bonchev–Trinajstić information content (AvgIpc) is 2.39. The molecule has 1 aromatic rings. The zero-order valence-corrected chi connectivity index (χ0v) is 12.6. The Morgan fingerprint density at radius 1 is 1.28 bits per heavy atom. The van der Waals surface area contributed by atoms with Crippen LogP contribution in [-0.2, 0) is 6.42 Å². The molecule has 1 aliphatic rings. The third-order valence-corrected chi connectivity index (χ3v) is 5.01. The molecule has 0 heterocycles. The summed E-state index contributed by atoms with van der Waals surface area (Å²) in [4.78, 5) is 0. The van der Waals surface area contributed by atoms with Crippen LogP contribution in [0.3, 0.4) is 0 Å². The van der Waals surface area contributed by atoms with E-state index < -0.39 is 0 Å². The van der Waals surface area contributed by atoms with Crippen molar-refractivity contribution < 1.29 is 0 Å². The van der Waals surface area contributed by atoms with Gasteiger partial charge in [-0.15, -0.1) is 0 Å². The zero-order chi connectivity index (χ0) is 13.0. The second kappa shape index (κ2) is 6.69. The van der Waals surface area contributed by atoms with Crippen molar-refractivity contribution in [2.45, 2.75) is 45.1 Å². The van der Waals surface area contributed by atoms with Gasteiger partial charge >= 0.3 is 0 Å². The summed E-state index contributed by atoms with van der Waals surface area (Å²) in [5, 5.41) is 0. The van der Waals surface area contributed by atoms with Crippen LogP contribution < -0.4 is 11.3 Å². The summed E-state index contributed by atoms with van der Waals surface area (Å²) in [5.41, 5.74) is 4.39. The molecule has 18 heavy (non-hydrogen) atoms. The predicted molar refractivity (Wildman–Crippen MR) is 80.1 cm³/mol. The monoisotopic (exact) mass is 310 g/mol. The highest BCUT2D eigenvalue weighted by atomic mass is 79.9. The fraction of sp³-hybridized carbons (Fsp3) is 0.600. The Balaban J connectivity index is 1.99. The summed E-state index contributed by atoms with van der Waals surface area (Å²) in [7, 11) is 0. The van der Waals surface area contributed by atoms with Crippen molar-refractivity contribution in [3.63, 3.8) is 0 Å². The van der Waals surface area contributed by atoms with Gasteiger partial charge in [-0.2, -0.15) is 0 Å². The van der Waals surface area contributed by atoms with Crippen molar-refractivity contribution in [3.8, 4) is 0 Å². The minimum atomic E-state index is 0.399. The number of benzene rings is 1. The molecule has 0 aliphatic heterocycles.